The Kier molecular flexibility index (Phi) is 4.50. The van der Waals surface area contributed by atoms with Gasteiger partial charge in [-0.05, 0) is 32.9 Å². The lowest BCUT2D eigenvalue weighted by molar-refractivity contribution is 0.781. The summed E-state index contributed by atoms with van der Waals surface area (Å²) in [5, 5.41) is 3.13. The number of hydrogen-bond acceptors (Lipinski definition) is 5. The highest BCUT2D eigenvalue weighted by atomic mass is 15.2. The lowest BCUT2D eigenvalue weighted by Gasteiger charge is -2.24. The van der Waals surface area contributed by atoms with Crippen LogP contribution in [0.4, 0.5) is 11.6 Å². The fourth-order valence-corrected chi connectivity index (χ4v) is 2.19. The van der Waals surface area contributed by atoms with Gasteiger partial charge in [-0.3, -0.25) is 4.98 Å². The first-order valence-corrected chi connectivity index (χ1v) is 6.83. The summed E-state index contributed by atoms with van der Waals surface area (Å²) in [6.45, 7) is 7.70. The molecule has 5 heteroatoms. The molecule has 0 aliphatic heterocycles. The van der Waals surface area contributed by atoms with Gasteiger partial charge >= 0.3 is 0 Å². The molecule has 20 heavy (non-hydrogen) atoms. The van der Waals surface area contributed by atoms with Crippen molar-refractivity contribution in [1.82, 2.24) is 15.0 Å². The van der Waals surface area contributed by atoms with E-state index in [0.29, 0.717) is 0 Å². The molecule has 2 aromatic heterocycles. The molecule has 0 amide bonds. The summed E-state index contributed by atoms with van der Waals surface area (Å²) in [4.78, 5) is 15.6. The molecule has 0 saturated carbocycles. The van der Waals surface area contributed by atoms with E-state index < -0.39 is 0 Å². The molecule has 5 nitrogen and oxygen atoms in total. The summed E-state index contributed by atoms with van der Waals surface area (Å²) in [6.07, 6.45) is 1.82. The topological polar surface area (TPSA) is 53.9 Å². The first-order valence-electron chi connectivity index (χ1n) is 6.83. The van der Waals surface area contributed by atoms with Crippen molar-refractivity contribution < 1.29 is 0 Å². The maximum absolute atomic E-state index is 4.60. The predicted molar refractivity (Wildman–Crippen MR) is 82.0 cm³/mol. The Labute approximate surface area is 120 Å². The van der Waals surface area contributed by atoms with Crippen LogP contribution in [0.2, 0.25) is 0 Å². The van der Waals surface area contributed by atoms with Crippen molar-refractivity contribution in [2.45, 2.75) is 27.3 Å². The van der Waals surface area contributed by atoms with Crippen LogP contribution >= 0.6 is 0 Å². The van der Waals surface area contributed by atoms with Gasteiger partial charge in [0.1, 0.15) is 17.5 Å². The van der Waals surface area contributed by atoms with Crippen molar-refractivity contribution in [3.05, 3.63) is 41.5 Å². The quantitative estimate of drug-likeness (QED) is 0.905. The minimum absolute atomic E-state index is 0.748. The number of aromatic nitrogens is 3. The first-order chi connectivity index (χ1) is 9.65. The molecule has 0 radical (unpaired) electrons. The van der Waals surface area contributed by atoms with Crippen molar-refractivity contribution in [3.63, 3.8) is 0 Å². The SMILES string of the molecule is CCN(Cc1ccccn1)c1nc(C)nc(NC)c1C. The van der Waals surface area contributed by atoms with Crippen molar-refractivity contribution in [2.24, 2.45) is 0 Å². The van der Waals surface area contributed by atoms with Gasteiger partial charge in [0.15, 0.2) is 0 Å². The van der Waals surface area contributed by atoms with Crippen LogP contribution < -0.4 is 10.2 Å². The van der Waals surface area contributed by atoms with E-state index in [9.17, 15) is 0 Å². The van der Waals surface area contributed by atoms with Gasteiger partial charge in [-0.15, -0.1) is 0 Å². The van der Waals surface area contributed by atoms with Crippen LogP contribution in [0.3, 0.4) is 0 Å². The Morgan fingerprint density at radius 3 is 2.60 bits per heavy atom. The second-order valence-electron chi connectivity index (χ2n) is 4.65. The fraction of sp³-hybridized carbons (Fsp3) is 0.400. The van der Waals surface area contributed by atoms with Gasteiger partial charge in [0.2, 0.25) is 0 Å². The molecule has 0 aliphatic rings. The third-order valence-corrected chi connectivity index (χ3v) is 3.23. The van der Waals surface area contributed by atoms with Crippen molar-refractivity contribution in [1.29, 1.82) is 0 Å². The Morgan fingerprint density at radius 1 is 1.20 bits per heavy atom. The van der Waals surface area contributed by atoms with E-state index in [1.807, 2.05) is 45.3 Å². The molecule has 0 atom stereocenters. The van der Waals surface area contributed by atoms with Gasteiger partial charge in [-0.25, -0.2) is 9.97 Å². The molecule has 2 aromatic rings. The lowest BCUT2D eigenvalue weighted by Crippen LogP contribution is -2.25. The maximum atomic E-state index is 4.60. The molecule has 106 valence electrons. The molecule has 0 fully saturated rings. The van der Waals surface area contributed by atoms with Gasteiger partial charge in [0.05, 0.1) is 12.2 Å². The van der Waals surface area contributed by atoms with E-state index in [-0.39, 0.29) is 0 Å². The van der Waals surface area contributed by atoms with Crippen LogP contribution in [0, 0.1) is 13.8 Å². The van der Waals surface area contributed by atoms with E-state index in [0.717, 1.165) is 41.8 Å². The number of aryl methyl sites for hydroxylation is 1. The van der Waals surface area contributed by atoms with Gasteiger partial charge in [0, 0.05) is 25.4 Å². The van der Waals surface area contributed by atoms with Gasteiger partial charge < -0.3 is 10.2 Å². The van der Waals surface area contributed by atoms with Gasteiger partial charge in [-0.1, -0.05) is 6.07 Å². The zero-order valence-electron chi connectivity index (χ0n) is 12.5. The first kappa shape index (κ1) is 14.2. The summed E-state index contributed by atoms with van der Waals surface area (Å²) in [6, 6.07) is 5.97. The number of nitrogens with zero attached hydrogens (tertiary/aromatic N) is 4. The molecule has 1 N–H and O–H groups in total. The number of anilines is 2. The van der Waals surface area contributed by atoms with Gasteiger partial charge in [0.25, 0.3) is 0 Å². The number of rotatable bonds is 5. The monoisotopic (exact) mass is 271 g/mol. The molecule has 0 aromatic carbocycles. The molecule has 0 bridgehead atoms. The average Bonchev–Trinajstić information content (AvgIpc) is 2.48. The maximum Gasteiger partial charge on any atom is 0.137 e. The fourth-order valence-electron chi connectivity index (χ4n) is 2.19. The highest BCUT2D eigenvalue weighted by Gasteiger charge is 2.14. The van der Waals surface area contributed by atoms with Crippen molar-refractivity contribution in [3.8, 4) is 0 Å². The minimum Gasteiger partial charge on any atom is -0.373 e. The predicted octanol–water partition coefficient (Wildman–Crippen LogP) is 2.56. The van der Waals surface area contributed by atoms with Crippen LogP contribution in [-0.4, -0.2) is 28.5 Å². The Morgan fingerprint density at radius 2 is 2.00 bits per heavy atom. The van der Waals surface area contributed by atoms with E-state index in [1.54, 1.807) is 0 Å². The molecule has 0 unspecified atom stereocenters. The summed E-state index contributed by atoms with van der Waals surface area (Å²) >= 11 is 0. The highest BCUT2D eigenvalue weighted by Crippen LogP contribution is 2.24. The summed E-state index contributed by atoms with van der Waals surface area (Å²) in [5.74, 6) is 2.62. The second-order valence-corrected chi connectivity index (χ2v) is 4.65. The molecule has 0 spiro atoms. The molecule has 2 heterocycles. The zero-order valence-corrected chi connectivity index (χ0v) is 12.5. The van der Waals surface area contributed by atoms with Crippen LogP contribution in [0.15, 0.2) is 24.4 Å². The molecular weight excluding hydrogens is 250 g/mol. The zero-order chi connectivity index (χ0) is 14.5. The Bertz CT molecular complexity index is 568. The third kappa shape index (κ3) is 3.04. The lowest BCUT2D eigenvalue weighted by atomic mass is 10.2. The van der Waals surface area contributed by atoms with Crippen LogP contribution in [0.5, 0.6) is 0 Å². The molecule has 2 rings (SSSR count). The van der Waals surface area contributed by atoms with E-state index in [1.165, 1.54) is 0 Å². The van der Waals surface area contributed by atoms with E-state index in [2.05, 4.69) is 32.1 Å². The third-order valence-electron chi connectivity index (χ3n) is 3.23. The van der Waals surface area contributed by atoms with Crippen molar-refractivity contribution >= 4 is 11.6 Å². The minimum atomic E-state index is 0.748. The van der Waals surface area contributed by atoms with E-state index >= 15 is 0 Å². The second kappa shape index (κ2) is 6.32. The number of nitrogens with one attached hydrogen (secondary N) is 1. The summed E-state index contributed by atoms with van der Waals surface area (Å²) in [5.41, 5.74) is 2.10. The standard InChI is InChI=1S/C15H21N5/c1-5-20(10-13-8-6-7-9-17-13)15-11(2)14(16-4)18-12(3)19-15/h6-9H,5,10H2,1-4H3,(H,16,18,19). The van der Waals surface area contributed by atoms with E-state index in [4.69, 9.17) is 0 Å². The largest absolute Gasteiger partial charge is 0.373 e. The molecular formula is C15H21N5. The number of hydrogen-bond donors (Lipinski definition) is 1. The highest BCUT2D eigenvalue weighted by molar-refractivity contribution is 5.58. The summed E-state index contributed by atoms with van der Waals surface area (Å²) < 4.78 is 0. The van der Waals surface area contributed by atoms with Crippen LogP contribution in [0.25, 0.3) is 0 Å². The normalized spacial score (nSPS) is 10.4. The summed E-state index contributed by atoms with van der Waals surface area (Å²) in [7, 11) is 1.88. The van der Waals surface area contributed by atoms with Gasteiger partial charge in [-0.2, -0.15) is 0 Å². The van der Waals surface area contributed by atoms with Crippen LogP contribution in [-0.2, 0) is 6.54 Å². The number of pyridine rings is 1. The average molecular weight is 271 g/mol. The molecule has 0 saturated heterocycles. The van der Waals surface area contributed by atoms with Crippen LogP contribution in [0.1, 0.15) is 24.0 Å². The molecule has 0 aliphatic carbocycles. The smallest absolute Gasteiger partial charge is 0.137 e. The van der Waals surface area contributed by atoms with Crippen molar-refractivity contribution in [2.75, 3.05) is 23.8 Å². The Balaban J connectivity index is 2.34. The Hall–Kier alpha value is -2.17.